The minimum Gasteiger partial charge on any atom is -0.286 e. The molecule has 1 amide bonds. The third-order valence-corrected chi connectivity index (χ3v) is 7.07. The normalized spacial score (nSPS) is 11.2. The van der Waals surface area contributed by atoms with E-state index in [4.69, 9.17) is 11.6 Å². The minimum absolute atomic E-state index is 0.0158. The number of thiazole rings is 1. The molecule has 0 saturated heterocycles. The van der Waals surface area contributed by atoms with Crippen molar-refractivity contribution in [3.8, 4) is 0 Å². The number of carbonyl (C=O) groups is 1. The second-order valence-corrected chi connectivity index (χ2v) is 9.39. The zero-order chi connectivity index (χ0) is 21.6. The summed E-state index contributed by atoms with van der Waals surface area (Å²) in [6.07, 6.45) is 4.70. The first-order valence-corrected chi connectivity index (χ1v) is 12.0. The number of para-hydroxylation sites is 1. The fourth-order valence-corrected chi connectivity index (χ4v) is 5.22. The largest absolute Gasteiger partial charge is 0.286 e. The number of thioether (sulfide) groups is 1. The average Bonchev–Trinajstić information content (AvgIpc) is 3.43. The van der Waals surface area contributed by atoms with Crippen LogP contribution in [0, 0.1) is 5.82 Å². The summed E-state index contributed by atoms with van der Waals surface area (Å²) in [6.45, 7) is 1.05. The standard InChI is InChI=1S/C22H20ClFN4OS2/c23-18-4-1-5-19-21(18)26-22(31-19)28(14-13-27-12-3-11-25-27)20(29)6-2-15-30-17-9-7-16(24)8-10-17/h1,3-5,7-12H,2,6,13-15H2. The van der Waals surface area contributed by atoms with Crippen molar-refractivity contribution >= 4 is 56.0 Å². The Morgan fingerprint density at radius 3 is 2.77 bits per heavy atom. The molecule has 4 rings (SSSR count). The van der Waals surface area contributed by atoms with Crippen LogP contribution in [0.5, 0.6) is 0 Å². The lowest BCUT2D eigenvalue weighted by atomic mass is 10.3. The number of halogens is 2. The molecule has 2 heterocycles. The highest BCUT2D eigenvalue weighted by Gasteiger charge is 2.20. The molecule has 0 bridgehead atoms. The van der Waals surface area contributed by atoms with Crippen LogP contribution in [-0.4, -0.2) is 33.0 Å². The van der Waals surface area contributed by atoms with Crippen LogP contribution >= 0.6 is 34.7 Å². The molecular weight excluding hydrogens is 455 g/mol. The Morgan fingerprint density at radius 2 is 2.03 bits per heavy atom. The Bertz CT molecular complexity index is 1150. The van der Waals surface area contributed by atoms with Gasteiger partial charge in [0, 0.05) is 30.3 Å². The quantitative estimate of drug-likeness (QED) is 0.224. The third kappa shape index (κ3) is 5.64. The van der Waals surface area contributed by atoms with E-state index in [0.29, 0.717) is 41.6 Å². The van der Waals surface area contributed by atoms with Crippen LogP contribution in [0.3, 0.4) is 0 Å². The number of aromatic nitrogens is 3. The summed E-state index contributed by atoms with van der Waals surface area (Å²) in [6, 6.07) is 13.9. The van der Waals surface area contributed by atoms with Gasteiger partial charge >= 0.3 is 0 Å². The molecule has 31 heavy (non-hydrogen) atoms. The maximum atomic E-state index is 13.1. The van der Waals surface area contributed by atoms with Gasteiger partial charge in [-0.2, -0.15) is 5.10 Å². The van der Waals surface area contributed by atoms with Gasteiger partial charge in [0.2, 0.25) is 5.91 Å². The van der Waals surface area contributed by atoms with E-state index in [1.165, 1.54) is 23.5 Å². The summed E-state index contributed by atoms with van der Waals surface area (Å²) in [5.74, 6) is 0.543. The smallest absolute Gasteiger partial charge is 0.228 e. The Labute approximate surface area is 192 Å². The fraction of sp³-hybridized carbons (Fsp3) is 0.227. The fourth-order valence-electron chi connectivity index (χ4n) is 3.06. The lowest BCUT2D eigenvalue weighted by Gasteiger charge is -2.20. The van der Waals surface area contributed by atoms with E-state index in [-0.39, 0.29) is 11.7 Å². The van der Waals surface area contributed by atoms with Gasteiger partial charge in [0.15, 0.2) is 5.13 Å². The molecule has 0 radical (unpaired) electrons. The molecule has 0 aliphatic heterocycles. The maximum absolute atomic E-state index is 13.1. The molecule has 0 aliphatic carbocycles. The lowest BCUT2D eigenvalue weighted by Crippen LogP contribution is -2.34. The van der Waals surface area contributed by atoms with Crippen LogP contribution in [-0.2, 0) is 11.3 Å². The lowest BCUT2D eigenvalue weighted by molar-refractivity contribution is -0.118. The van der Waals surface area contributed by atoms with E-state index < -0.39 is 0 Å². The number of hydrogen-bond donors (Lipinski definition) is 0. The van der Waals surface area contributed by atoms with Gasteiger partial charge in [-0.05, 0) is 54.6 Å². The molecule has 9 heteroatoms. The van der Waals surface area contributed by atoms with Gasteiger partial charge in [-0.1, -0.05) is 29.0 Å². The molecule has 0 spiro atoms. The van der Waals surface area contributed by atoms with Crippen molar-refractivity contribution in [3.05, 3.63) is 71.8 Å². The van der Waals surface area contributed by atoms with Gasteiger partial charge in [-0.25, -0.2) is 9.37 Å². The Balaban J connectivity index is 1.42. The van der Waals surface area contributed by atoms with Crippen molar-refractivity contribution in [2.75, 3.05) is 17.2 Å². The molecule has 0 fully saturated rings. The number of carbonyl (C=O) groups excluding carboxylic acids is 1. The first-order valence-electron chi connectivity index (χ1n) is 9.81. The molecule has 0 saturated carbocycles. The molecule has 0 atom stereocenters. The van der Waals surface area contributed by atoms with E-state index in [9.17, 15) is 9.18 Å². The molecule has 2 aromatic carbocycles. The summed E-state index contributed by atoms with van der Waals surface area (Å²) in [5.41, 5.74) is 0.716. The molecule has 0 N–H and O–H groups in total. The Morgan fingerprint density at radius 1 is 1.19 bits per heavy atom. The van der Waals surface area contributed by atoms with Gasteiger partial charge in [0.05, 0.1) is 16.3 Å². The van der Waals surface area contributed by atoms with Crippen molar-refractivity contribution in [2.24, 2.45) is 0 Å². The van der Waals surface area contributed by atoms with Gasteiger partial charge in [-0.3, -0.25) is 14.4 Å². The molecule has 5 nitrogen and oxygen atoms in total. The monoisotopic (exact) mass is 474 g/mol. The van der Waals surface area contributed by atoms with Crippen molar-refractivity contribution in [1.82, 2.24) is 14.8 Å². The van der Waals surface area contributed by atoms with Crippen LogP contribution in [0.2, 0.25) is 5.02 Å². The number of fused-ring (bicyclic) bond motifs is 1. The first kappa shape index (κ1) is 21.8. The van der Waals surface area contributed by atoms with Crippen LogP contribution < -0.4 is 4.90 Å². The van der Waals surface area contributed by atoms with Crippen molar-refractivity contribution < 1.29 is 9.18 Å². The highest BCUT2D eigenvalue weighted by Crippen LogP contribution is 2.33. The Kier molecular flexibility index (Phi) is 7.21. The molecule has 4 aromatic rings. The van der Waals surface area contributed by atoms with E-state index in [0.717, 1.165) is 15.3 Å². The summed E-state index contributed by atoms with van der Waals surface area (Å²) in [7, 11) is 0. The zero-order valence-corrected chi connectivity index (χ0v) is 19.0. The topological polar surface area (TPSA) is 51.0 Å². The van der Waals surface area contributed by atoms with E-state index >= 15 is 0 Å². The molecule has 2 aromatic heterocycles. The van der Waals surface area contributed by atoms with Crippen LogP contribution in [0.1, 0.15) is 12.8 Å². The van der Waals surface area contributed by atoms with Crippen LogP contribution in [0.25, 0.3) is 10.2 Å². The van der Waals surface area contributed by atoms with Gasteiger partial charge < -0.3 is 0 Å². The Hall–Kier alpha value is -2.42. The van der Waals surface area contributed by atoms with Gasteiger partial charge in [0.1, 0.15) is 11.3 Å². The number of nitrogens with zero attached hydrogens (tertiary/aromatic N) is 4. The van der Waals surface area contributed by atoms with Crippen LogP contribution in [0.4, 0.5) is 9.52 Å². The second-order valence-electron chi connectivity index (χ2n) is 6.80. The van der Waals surface area contributed by atoms with E-state index in [2.05, 4.69) is 10.1 Å². The molecule has 0 unspecified atom stereocenters. The van der Waals surface area contributed by atoms with Crippen molar-refractivity contribution in [2.45, 2.75) is 24.3 Å². The van der Waals surface area contributed by atoms with E-state index in [1.54, 1.807) is 45.7 Å². The summed E-state index contributed by atoms with van der Waals surface area (Å²) < 4.78 is 15.8. The molecular formula is C22H20ClFN4OS2. The van der Waals surface area contributed by atoms with Crippen molar-refractivity contribution in [1.29, 1.82) is 0 Å². The molecule has 0 aliphatic rings. The maximum Gasteiger partial charge on any atom is 0.228 e. The average molecular weight is 475 g/mol. The number of amides is 1. The SMILES string of the molecule is O=C(CCCSc1ccc(F)cc1)N(CCn1cccn1)c1nc2c(Cl)cccc2s1. The highest BCUT2D eigenvalue weighted by molar-refractivity contribution is 7.99. The summed E-state index contributed by atoms with van der Waals surface area (Å²) >= 11 is 9.36. The number of benzene rings is 2. The van der Waals surface area contributed by atoms with Crippen LogP contribution in [0.15, 0.2) is 65.8 Å². The predicted octanol–water partition coefficient (Wildman–Crippen LogP) is 5.89. The van der Waals surface area contributed by atoms with E-state index in [1.807, 2.05) is 24.4 Å². The van der Waals surface area contributed by atoms with Gasteiger partial charge in [-0.15, -0.1) is 11.8 Å². The minimum atomic E-state index is -0.247. The number of hydrogen-bond acceptors (Lipinski definition) is 5. The highest BCUT2D eigenvalue weighted by atomic mass is 35.5. The number of rotatable bonds is 9. The van der Waals surface area contributed by atoms with Gasteiger partial charge in [0.25, 0.3) is 0 Å². The summed E-state index contributed by atoms with van der Waals surface area (Å²) in [4.78, 5) is 20.4. The van der Waals surface area contributed by atoms with Crippen molar-refractivity contribution in [3.63, 3.8) is 0 Å². The predicted molar refractivity (Wildman–Crippen MR) is 126 cm³/mol. The summed E-state index contributed by atoms with van der Waals surface area (Å²) in [5, 5.41) is 5.45. The zero-order valence-electron chi connectivity index (χ0n) is 16.6. The first-order chi connectivity index (χ1) is 15.1. The second kappa shape index (κ2) is 10.3. The third-order valence-electron chi connectivity index (χ3n) is 4.62. The number of anilines is 1. The molecule has 160 valence electrons.